The van der Waals surface area contributed by atoms with Crippen LogP contribution < -0.4 is 10.9 Å². The van der Waals surface area contributed by atoms with E-state index in [1.807, 2.05) is 0 Å². The van der Waals surface area contributed by atoms with Gasteiger partial charge in [0.1, 0.15) is 5.82 Å². The quantitative estimate of drug-likeness (QED) is 0.670. The summed E-state index contributed by atoms with van der Waals surface area (Å²) in [5.41, 5.74) is -0.256. The maximum Gasteiger partial charge on any atom is 0.251 e. The summed E-state index contributed by atoms with van der Waals surface area (Å²) in [6, 6.07) is 8.12. The largest absolute Gasteiger partial charge is 0.351 e. The SMILES string of the molecule is O=C(NC1CCCC1)C(C(=O)c1ccc(F)cc1)n1ccccc1=O. The first-order valence-electron chi connectivity index (χ1n) is 8.33. The molecule has 1 aromatic heterocycles. The van der Waals surface area contributed by atoms with Crippen LogP contribution in [0.25, 0.3) is 0 Å². The van der Waals surface area contributed by atoms with Crippen molar-refractivity contribution in [2.75, 3.05) is 0 Å². The molecule has 6 heteroatoms. The van der Waals surface area contributed by atoms with Crippen LogP contribution in [-0.4, -0.2) is 22.3 Å². The lowest BCUT2D eigenvalue weighted by Gasteiger charge is -2.21. The number of halogens is 1. The first kappa shape index (κ1) is 17.1. The van der Waals surface area contributed by atoms with Crippen LogP contribution >= 0.6 is 0 Å². The third-order valence-corrected chi connectivity index (χ3v) is 4.46. The van der Waals surface area contributed by atoms with Crippen LogP contribution in [0.1, 0.15) is 42.1 Å². The van der Waals surface area contributed by atoms with Gasteiger partial charge in [-0.25, -0.2) is 4.39 Å². The lowest BCUT2D eigenvalue weighted by molar-refractivity contribution is -0.123. The average molecular weight is 342 g/mol. The first-order valence-corrected chi connectivity index (χ1v) is 8.33. The van der Waals surface area contributed by atoms with E-state index in [4.69, 9.17) is 0 Å². The highest BCUT2D eigenvalue weighted by molar-refractivity contribution is 6.11. The van der Waals surface area contributed by atoms with Gasteiger partial charge in [-0.1, -0.05) is 18.9 Å². The number of carbonyl (C=O) groups is 2. The van der Waals surface area contributed by atoms with Crippen LogP contribution in [0, 0.1) is 5.82 Å². The van der Waals surface area contributed by atoms with Crippen molar-refractivity contribution in [3.63, 3.8) is 0 Å². The van der Waals surface area contributed by atoms with Crippen LogP contribution in [-0.2, 0) is 4.79 Å². The number of ketones is 1. The molecule has 0 spiro atoms. The van der Waals surface area contributed by atoms with Gasteiger partial charge in [-0.2, -0.15) is 0 Å². The summed E-state index contributed by atoms with van der Waals surface area (Å²) < 4.78 is 14.2. The number of aromatic nitrogens is 1. The number of Topliss-reactive ketones (excluding diaryl/α,β-unsaturated/α-hetero) is 1. The molecule has 3 rings (SSSR count). The minimum absolute atomic E-state index is 0.0235. The molecule has 1 atom stereocenters. The molecule has 25 heavy (non-hydrogen) atoms. The molecule has 1 N–H and O–H groups in total. The van der Waals surface area contributed by atoms with Gasteiger partial charge in [0.15, 0.2) is 11.8 Å². The third kappa shape index (κ3) is 3.84. The lowest BCUT2D eigenvalue weighted by Crippen LogP contribution is -2.44. The third-order valence-electron chi connectivity index (χ3n) is 4.46. The Balaban J connectivity index is 1.94. The van der Waals surface area contributed by atoms with Crippen LogP contribution in [0.5, 0.6) is 0 Å². The van der Waals surface area contributed by atoms with E-state index in [1.165, 1.54) is 24.4 Å². The van der Waals surface area contributed by atoms with E-state index in [0.29, 0.717) is 0 Å². The molecule has 5 nitrogen and oxygen atoms in total. The van der Waals surface area contributed by atoms with Crippen LogP contribution in [0.4, 0.5) is 4.39 Å². The lowest BCUT2D eigenvalue weighted by atomic mass is 10.0. The van der Waals surface area contributed by atoms with Crippen LogP contribution in [0.2, 0.25) is 0 Å². The topological polar surface area (TPSA) is 68.2 Å². The Hall–Kier alpha value is -2.76. The van der Waals surface area contributed by atoms with Gasteiger partial charge in [-0.15, -0.1) is 0 Å². The number of carbonyl (C=O) groups excluding carboxylic acids is 2. The predicted molar refractivity (Wildman–Crippen MR) is 90.9 cm³/mol. The number of pyridine rings is 1. The van der Waals surface area contributed by atoms with E-state index in [9.17, 15) is 18.8 Å². The molecule has 2 aromatic rings. The highest BCUT2D eigenvalue weighted by Gasteiger charge is 2.32. The Morgan fingerprint density at radius 3 is 2.40 bits per heavy atom. The van der Waals surface area contributed by atoms with E-state index in [1.54, 1.807) is 12.1 Å². The summed E-state index contributed by atoms with van der Waals surface area (Å²) in [6.07, 6.45) is 5.22. The molecule has 0 aliphatic heterocycles. The normalized spacial score (nSPS) is 15.7. The van der Waals surface area contributed by atoms with Gasteiger partial charge in [0.2, 0.25) is 0 Å². The van der Waals surface area contributed by atoms with Crippen molar-refractivity contribution in [2.45, 2.75) is 37.8 Å². The molecule has 1 aromatic carbocycles. The zero-order chi connectivity index (χ0) is 17.8. The van der Waals surface area contributed by atoms with E-state index >= 15 is 0 Å². The molecular formula is C19H19FN2O3. The Morgan fingerprint density at radius 2 is 1.76 bits per heavy atom. The van der Waals surface area contributed by atoms with Crippen molar-refractivity contribution in [3.05, 3.63) is 70.4 Å². The zero-order valence-electron chi connectivity index (χ0n) is 13.7. The summed E-state index contributed by atoms with van der Waals surface area (Å²) in [5, 5.41) is 2.87. The Bertz CT molecular complexity index is 823. The van der Waals surface area contributed by atoms with Gasteiger partial charge < -0.3 is 5.32 Å². The average Bonchev–Trinajstić information content (AvgIpc) is 3.10. The second-order valence-corrected chi connectivity index (χ2v) is 6.21. The summed E-state index contributed by atoms with van der Waals surface area (Å²) in [6.45, 7) is 0. The standard InChI is InChI=1S/C19H19FN2O3/c20-14-10-8-13(9-11-14)18(24)17(22-12-4-3-7-16(22)23)19(25)21-15-5-1-2-6-15/h3-4,7-12,15,17H,1-2,5-6H2,(H,21,25). The molecule has 0 bridgehead atoms. The van der Waals surface area contributed by atoms with Crippen molar-refractivity contribution < 1.29 is 14.0 Å². The Labute approximate surface area is 144 Å². The number of rotatable bonds is 5. The van der Waals surface area contributed by atoms with Gasteiger partial charge in [0, 0.05) is 23.9 Å². The van der Waals surface area contributed by atoms with Gasteiger partial charge in [-0.05, 0) is 43.2 Å². The van der Waals surface area contributed by atoms with Gasteiger partial charge >= 0.3 is 0 Å². The molecule has 0 radical (unpaired) electrons. The van der Waals surface area contributed by atoms with Crippen molar-refractivity contribution >= 4 is 11.7 Å². The van der Waals surface area contributed by atoms with Gasteiger partial charge in [-0.3, -0.25) is 19.0 Å². The van der Waals surface area contributed by atoms with Gasteiger partial charge in [0.25, 0.3) is 11.5 Å². The maximum absolute atomic E-state index is 13.1. The van der Waals surface area contributed by atoms with E-state index in [2.05, 4.69) is 5.32 Å². The van der Waals surface area contributed by atoms with Crippen LogP contribution in [0.3, 0.4) is 0 Å². The first-order chi connectivity index (χ1) is 12.1. The molecule has 1 saturated carbocycles. The van der Waals surface area contributed by atoms with Gasteiger partial charge in [0.05, 0.1) is 0 Å². The highest BCUT2D eigenvalue weighted by atomic mass is 19.1. The minimum Gasteiger partial charge on any atom is -0.351 e. The Kier molecular flexibility index (Phi) is 5.07. The Morgan fingerprint density at radius 1 is 1.08 bits per heavy atom. The van der Waals surface area contributed by atoms with E-state index < -0.39 is 29.1 Å². The molecular weight excluding hydrogens is 323 g/mol. The van der Waals surface area contributed by atoms with Crippen molar-refractivity contribution in [1.82, 2.24) is 9.88 Å². The molecule has 1 heterocycles. The monoisotopic (exact) mass is 342 g/mol. The summed E-state index contributed by atoms with van der Waals surface area (Å²) in [5.74, 6) is -1.52. The number of hydrogen-bond acceptors (Lipinski definition) is 3. The number of hydrogen-bond donors (Lipinski definition) is 1. The number of amides is 1. The van der Waals surface area contributed by atoms with E-state index in [-0.39, 0.29) is 11.6 Å². The van der Waals surface area contributed by atoms with Crippen molar-refractivity contribution in [2.24, 2.45) is 0 Å². The summed E-state index contributed by atoms with van der Waals surface area (Å²) in [4.78, 5) is 37.8. The maximum atomic E-state index is 13.1. The second kappa shape index (κ2) is 7.42. The zero-order valence-corrected chi connectivity index (χ0v) is 13.7. The molecule has 1 fully saturated rings. The summed E-state index contributed by atoms with van der Waals surface area (Å²) in [7, 11) is 0. The molecule has 0 saturated heterocycles. The fourth-order valence-electron chi connectivity index (χ4n) is 3.15. The van der Waals surface area contributed by atoms with Crippen molar-refractivity contribution in [3.8, 4) is 0 Å². The fraction of sp³-hybridized carbons (Fsp3) is 0.316. The highest BCUT2D eigenvalue weighted by Crippen LogP contribution is 2.20. The molecule has 1 aliphatic carbocycles. The number of nitrogens with one attached hydrogen (secondary N) is 1. The van der Waals surface area contributed by atoms with Crippen LogP contribution in [0.15, 0.2) is 53.5 Å². The molecule has 1 aliphatic rings. The van der Waals surface area contributed by atoms with E-state index in [0.717, 1.165) is 42.4 Å². The fourth-order valence-corrected chi connectivity index (χ4v) is 3.15. The second-order valence-electron chi connectivity index (χ2n) is 6.21. The number of nitrogens with zero attached hydrogens (tertiary/aromatic N) is 1. The smallest absolute Gasteiger partial charge is 0.251 e. The molecule has 1 amide bonds. The minimum atomic E-state index is -1.31. The molecule has 130 valence electrons. The number of benzene rings is 1. The predicted octanol–water partition coefficient (Wildman–Crippen LogP) is 2.47. The van der Waals surface area contributed by atoms with Crippen molar-refractivity contribution in [1.29, 1.82) is 0 Å². The summed E-state index contributed by atoms with van der Waals surface area (Å²) >= 11 is 0. The molecule has 1 unspecified atom stereocenters.